The molecular weight excluding hydrogens is 384 g/mol. The lowest BCUT2D eigenvalue weighted by Gasteiger charge is -2.11. The molecule has 2 aromatic heterocycles. The van der Waals surface area contributed by atoms with Crippen LogP contribution in [0, 0.1) is 0 Å². The zero-order valence-electron chi connectivity index (χ0n) is 15.9. The van der Waals surface area contributed by atoms with Crippen LogP contribution >= 0.6 is 11.6 Å². The van der Waals surface area contributed by atoms with Crippen molar-refractivity contribution in [2.75, 3.05) is 13.2 Å². The number of aliphatic hydroxyl groups excluding tert-OH is 1. The van der Waals surface area contributed by atoms with Gasteiger partial charge in [-0.05, 0) is 38.0 Å². The molecule has 150 valence electrons. The molecule has 0 aliphatic heterocycles. The van der Waals surface area contributed by atoms with E-state index in [1.54, 1.807) is 16.7 Å². The number of hydrogen-bond acceptors (Lipinski definition) is 5. The third-order valence-electron chi connectivity index (χ3n) is 4.46. The highest BCUT2D eigenvalue weighted by molar-refractivity contribution is 6.30. The molecule has 8 nitrogen and oxygen atoms in total. The van der Waals surface area contributed by atoms with Crippen LogP contribution in [0.4, 0.5) is 0 Å². The molecular formula is C19H23ClN4O4. The van der Waals surface area contributed by atoms with E-state index in [1.807, 2.05) is 26.0 Å². The molecule has 3 rings (SSSR count). The first-order valence-electron chi connectivity index (χ1n) is 9.23. The zero-order valence-corrected chi connectivity index (χ0v) is 16.6. The number of halogens is 1. The molecule has 2 heterocycles. The van der Waals surface area contributed by atoms with Crippen LogP contribution < -0.4 is 16.0 Å². The zero-order chi connectivity index (χ0) is 20.3. The summed E-state index contributed by atoms with van der Waals surface area (Å²) in [6, 6.07) is 7.56. The molecule has 28 heavy (non-hydrogen) atoms. The Morgan fingerprint density at radius 2 is 1.82 bits per heavy atom. The van der Waals surface area contributed by atoms with Crippen LogP contribution in [0.15, 0.2) is 33.9 Å². The van der Waals surface area contributed by atoms with Crippen LogP contribution in [-0.4, -0.2) is 37.0 Å². The van der Waals surface area contributed by atoms with Crippen molar-refractivity contribution in [3.63, 3.8) is 0 Å². The van der Waals surface area contributed by atoms with Gasteiger partial charge in [-0.1, -0.05) is 23.7 Å². The van der Waals surface area contributed by atoms with E-state index >= 15 is 0 Å². The Morgan fingerprint density at radius 1 is 1.11 bits per heavy atom. The van der Waals surface area contributed by atoms with Crippen molar-refractivity contribution in [2.24, 2.45) is 0 Å². The lowest BCUT2D eigenvalue weighted by Crippen LogP contribution is -2.40. The average molecular weight is 407 g/mol. The summed E-state index contributed by atoms with van der Waals surface area (Å²) >= 11 is 5.97. The second kappa shape index (κ2) is 8.62. The third-order valence-corrected chi connectivity index (χ3v) is 4.71. The van der Waals surface area contributed by atoms with E-state index in [4.69, 9.17) is 21.4 Å². The van der Waals surface area contributed by atoms with Gasteiger partial charge in [0.25, 0.3) is 11.6 Å². The van der Waals surface area contributed by atoms with E-state index in [0.29, 0.717) is 42.3 Å². The number of nitrogens with zero attached hydrogens (tertiary/aromatic N) is 4. The van der Waals surface area contributed by atoms with Gasteiger partial charge in [-0.3, -0.25) is 18.5 Å². The first kappa shape index (κ1) is 20.2. The van der Waals surface area contributed by atoms with E-state index in [9.17, 15) is 9.59 Å². The maximum absolute atomic E-state index is 13.1. The Hall–Kier alpha value is -2.58. The largest absolute Gasteiger partial charge is 0.465 e. The molecule has 0 unspecified atom stereocenters. The number of rotatable bonds is 8. The molecule has 0 aliphatic rings. The van der Waals surface area contributed by atoms with Crippen molar-refractivity contribution in [1.82, 2.24) is 18.7 Å². The van der Waals surface area contributed by atoms with E-state index in [1.165, 1.54) is 4.57 Å². The minimum Gasteiger partial charge on any atom is -0.465 e. The topological polar surface area (TPSA) is 91.3 Å². The molecule has 0 saturated carbocycles. The molecule has 3 aromatic rings. The van der Waals surface area contributed by atoms with Gasteiger partial charge < -0.3 is 9.84 Å². The minimum atomic E-state index is -0.439. The number of benzene rings is 1. The van der Waals surface area contributed by atoms with Gasteiger partial charge in [0.05, 0.1) is 13.2 Å². The van der Waals surface area contributed by atoms with Crippen LogP contribution in [0.3, 0.4) is 0 Å². The number of hydrogen-bond donors (Lipinski definition) is 1. The highest BCUT2D eigenvalue weighted by atomic mass is 35.5. The van der Waals surface area contributed by atoms with Gasteiger partial charge in [-0.25, -0.2) is 4.79 Å². The molecule has 0 spiro atoms. The maximum Gasteiger partial charge on any atom is 0.332 e. The van der Waals surface area contributed by atoms with Gasteiger partial charge in [0.15, 0.2) is 11.2 Å². The van der Waals surface area contributed by atoms with E-state index in [0.717, 1.165) is 10.1 Å². The van der Waals surface area contributed by atoms with Crippen molar-refractivity contribution in [3.05, 3.63) is 55.7 Å². The van der Waals surface area contributed by atoms with Gasteiger partial charge >= 0.3 is 5.69 Å². The number of aryl methyl sites for hydroxylation is 1. The summed E-state index contributed by atoms with van der Waals surface area (Å²) in [5.74, 6) is 0. The van der Waals surface area contributed by atoms with Crippen LogP contribution in [0.5, 0.6) is 6.01 Å². The summed E-state index contributed by atoms with van der Waals surface area (Å²) in [4.78, 5) is 30.3. The standard InChI is InChI=1S/C19H23ClN4O4/c1-3-22-16-15(17(26)23(19(22)27)10-5-11-25)24(18(21-16)28-4-2)12-13-6-8-14(20)9-7-13/h6-9,25H,3-5,10-12H2,1-2H3. The first-order chi connectivity index (χ1) is 13.5. The SMILES string of the molecule is CCOc1nc2c(c(=O)n(CCCO)c(=O)n2CC)n1Cc1ccc(Cl)cc1. The molecule has 1 aromatic carbocycles. The Labute approximate surface area is 166 Å². The monoisotopic (exact) mass is 406 g/mol. The second-order valence-electron chi connectivity index (χ2n) is 6.27. The first-order valence-corrected chi connectivity index (χ1v) is 9.61. The average Bonchev–Trinajstić information content (AvgIpc) is 3.02. The fraction of sp³-hybridized carbons (Fsp3) is 0.421. The van der Waals surface area contributed by atoms with Crippen molar-refractivity contribution >= 4 is 22.8 Å². The van der Waals surface area contributed by atoms with Gasteiger partial charge in [0, 0.05) is 24.7 Å². The number of aliphatic hydroxyl groups is 1. The second-order valence-corrected chi connectivity index (χ2v) is 6.71. The maximum atomic E-state index is 13.1. The minimum absolute atomic E-state index is 0.107. The van der Waals surface area contributed by atoms with Crippen LogP contribution in [0.1, 0.15) is 25.8 Å². The smallest absolute Gasteiger partial charge is 0.332 e. The van der Waals surface area contributed by atoms with Gasteiger partial charge in [-0.15, -0.1) is 0 Å². The molecule has 0 saturated heterocycles. The summed E-state index contributed by atoms with van der Waals surface area (Å²) < 4.78 is 9.95. The Morgan fingerprint density at radius 3 is 2.43 bits per heavy atom. The summed E-state index contributed by atoms with van der Waals surface area (Å²) in [5, 5.41) is 9.74. The molecule has 0 aliphatic carbocycles. The van der Waals surface area contributed by atoms with E-state index in [-0.39, 0.29) is 19.2 Å². The Bertz CT molecular complexity index is 1080. The van der Waals surface area contributed by atoms with Crippen LogP contribution in [0.25, 0.3) is 11.2 Å². The van der Waals surface area contributed by atoms with Gasteiger partial charge in [0.1, 0.15) is 0 Å². The fourth-order valence-electron chi connectivity index (χ4n) is 3.14. The quantitative estimate of drug-likeness (QED) is 0.616. The van der Waals surface area contributed by atoms with E-state index in [2.05, 4.69) is 4.98 Å². The Balaban J connectivity index is 2.27. The number of ether oxygens (including phenoxy) is 1. The molecule has 0 fully saturated rings. The predicted molar refractivity (Wildman–Crippen MR) is 107 cm³/mol. The van der Waals surface area contributed by atoms with Gasteiger partial charge in [-0.2, -0.15) is 4.98 Å². The lowest BCUT2D eigenvalue weighted by atomic mass is 10.2. The summed E-state index contributed by atoms with van der Waals surface area (Å²) in [6.07, 6.45) is 0.313. The fourth-order valence-corrected chi connectivity index (χ4v) is 3.27. The molecule has 1 N–H and O–H groups in total. The molecule has 0 radical (unpaired) electrons. The molecule has 9 heteroatoms. The van der Waals surface area contributed by atoms with Crippen molar-refractivity contribution < 1.29 is 9.84 Å². The molecule has 0 amide bonds. The highest BCUT2D eigenvalue weighted by Gasteiger charge is 2.22. The van der Waals surface area contributed by atoms with Crippen LogP contribution in [0.2, 0.25) is 5.02 Å². The lowest BCUT2D eigenvalue weighted by molar-refractivity contribution is 0.277. The van der Waals surface area contributed by atoms with Crippen molar-refractivity contribution in [1.29, 1.82) is 0 Å². The normalized spacial score (nSPS) is 11.3. The highest BCUT2D eigenvalue weighted by Crippen LogP contribution is 2.21. The predicted octanol–water partition coefficient (Wildman–Crippen LogP) is 1.86. The van der Waals surface area contributed by atoms with E-state index < -0.39 is 11.2 Å². The van der Waals surface area contributed by atoms with Gasteiger partial charge in [0.2, 0.25) is 0 Å². The summed E-state index contributed by atoms with van der Waals surface area (Å²) in [6.45, 7) is 4.76. The molecule has 0 atom stereocenters. The molecule has 0 bridgehead atoms. The van der Waals surface area contributed by atoms with Crippen LogP contribution in [-0.2, 0) is 19.6 Å². The summed E-state index contributed by atoms with van der Waals surface area (Å²) in [7, 11) is 0. The van der Waals surface area contributed by atoms with Crippen molar-refractivity contribution in [2.45, 2.75) is 39.9 Å². The van der Waals surface area contributed by atoms with Crippen molar-refractivity contribution in [3.8, 4) is 6.01 Å². The number of fused-ring (bicyclic) bond motifs is 1. The summed E-state index contributed by atoms with van der Waals surface area (Å²) in [5.41, 5.74) is 0.645. The Kier molecular flexibility index (Phi) is 6.21. The third kappa shape index (κ3) is 3.70. The number of aromatic nitrogens is 4. The number of imidazole rings is 1.